The van der Waals surface area contributed by atoms with Crippen molar-refractivity contribution in [2.45, 2.75) is 12.2 Å². The number of nitrogens with one attached hydrogen (secondary N) is 1. The molecule has 1 heterocycles. The van der Waals surface area contributed by atoms with Crippen LogP contribution in [0.1, 0.15) is 0 Å². The molecule has 0 bridgehead atoms. The van der Waals surface area contributed by atoms with Gasteiger partial charge in [-0.3, -0.25) is 0 Å². The van der Waals surface area contributed by atoms with Gasteiger partial charge in [0.15, 0.2) is 0 Å². The number of rotatable bonds is 0. The molecule has 1 aliphatic heterocycles. The van der Waals surface area contributed by atoms with E-state index in [2.05, 4.69) is 5.32 Å². The third kappa shape index (κ3) is 2.75. The summed E-state index contributed by atoms with van der Waals surface area (Å²) in [4.78, 5) is 0. The monoisotopic (exact) mass is 280 g/mol. The zero-order valence-corrected chi connectivity index (χ0v) is 7.82. The summed E-state index contributed by atoms with van der Waals surface area (Å²) < 4.78 is 37.7. The number of alkyl halides is 3. The van der Waals surface area contributed by atoms with Crippen molar-refractivity contribution in [2.75, 3.05) is 19.6 Å². The van der Waals surface area contributed by atoms with Crippen LogP contribution in [-0.2, 0) is 0 Å². The van der Waals surface area contributed by atoms with Crippen LogP contribution in [0.15, 0.2) is 0 Å². The lowest BCUT2D eigenvalue weighted by molar-refractivity contribution is -0.159. The van der Waals surface area contributed by atoms with E-state index in [1.807, 2.05) is 22.9 Å². The van der Waals surface area contributed by atoms with Crippen molar-refractivity contribution in [1.29, 1.82) is 0 Å². The molecule has 0 aromatic carbocycles. The van der Waals surface area contributed by atoms with Crippen LogP contribution in [0.5, 0.6) is 0 Å². The highest BCUT2D eigenvalue weighted by Crippen LogP contribution is 2.23. The summed E-state index contributed by atoms with van der Waals surface area (Å²) in [7, 11) is 0. The molecule has 1 aliphatic rings. The van der Waals surface area contributed by atoms with E-state index in [0.717, 1.165) is 0 Å². The maximum absolute atomic E-state index is 12.0. The standard InChI is InChI=1S/C5H8F3IN2/c6-5(7,8)4-3-11(9)2-1-10-4/h4,10H,1-3H2. The van der Waals surface area contributed by atoms with Gasteiger partial charge in [-0.25, -0.2) is 3.11 Å². The van der Waals surface area contributed by atoms with Crippen LogP contribution in [0.3, 0.4) is 0 Å². The van der Waals surface area contributed by atoms with Crippen LogP contribution in [-0.4, -0.2) is 35.0 Å². The molecule has 0 saturated carbocycles. The van der Waals surface area contributed by atoms with Gasteiger partial charge in [0, 0.05) is 42.5 Å². The molecular formula is C5H8F3IN2. The van der Waals surface area contributed by atoms with Gasteiger partial charge in [0.25, 0.3) is 0 Å². The highest BCUT2D eigenvalue weighted by Gasteiger charge is 2.41. The van der Waals surface area contributed by atoms with Crippen LogP contribution in [0.4, 0.5) is 13.2 Å². The number of hydrogen-bond donors (Lipinski definition) is 1. The van der Waals surface area contributed by atoms with Gasteiger partial charge in [0.1, 0.15) is 6.04 Å². The summed E-state index contributed by atoms with van der Waals surface area (Å²) in [5, 5.41) is 2.42. The summed E-state index contributed by atoms with van der Waals surface area (Å²) in [6.07, 6.45) is -4.11. The Morgan fingerprint density at radius 3 is 2.45 bits per heavy atom. The Morgan fingerprint density at radius 2 is 2.09 bits per heavy atom. The van der Waals surface area contributed by atoms with Crippen LogP contribution in [0, 0.1) is 0 Å². The van der Waals surface area contributed by atoms with E-state index in [0.29, 0.717) is 13.1 Å². The van der Waals surface area contributed by atoms with Gasteiger partial charge in [-0.1, -0.05) is 0 Å². The third-order valence-electron chi connectivity index (χ3n) is 1.52. The number of nitrogens with zero attached hydrogens (tertiary/aromatic N) is 1. The Morgan fingerprint density at radius 1 is 1.45 bits per heavy atom. The number of piperazine rings is 1. The van der Waals surface area contributed by atoms with E-state index in [4.69, 9.17) is 0 Å². The van der Waals surface area contributed by atoms with E-state index in [9.17, 15) is 13.2 Å². The fourth-order valence-electron chi connectivity index (χ4n) is 0.933. The Hall–Kier alpha value is 0.440. The van der Waals surface area contributed by atoms with Gasteiger partial charge in [0.05, 0.1) is 0 Å². The topological polar surface area (TPSA) is 15.3 Å². The number of halogens is 4. The van der Waals surface area contributed by atoms with Crippen molar-refractivity contribution >= 4 is 22.9 Å². The Bertz CT molecular complexity index is 138. The second-order valence-corrected chi connectivity index (χ2v) is 3.78. The molecule has 6 heteroatoms. The van der Waals surface area contributed by atoms with Crippen LogP contribution in [0.25, 0.3) is 0 Å². The average Bonchev–Trinajstić information content (AvgIpc) is 1.86. The second kappa shape index (κ2) is 3.44. The molecule has 11 heavy (non-hydrogen) atoms. The van der Waals surface area contributed by atoms with Crippen molar-refractivity contribution in [3.05, 3.63) is 0 Å². The largest absolute Gasteiger partial charge is 0.405 e. The third-order valence-corrected chi connectivity index (χ3v) is 2.40. The molecule has 1 atom stereocenters. The molecule has 66 valence electrons. The zero-order chi connectivity index (χ0) is 8.48. The van der Waals surface area contributed by atoms with Crippen molar-refractivity contribution < 1.29 is 13.2 Å². The molecule has 1 N–H and O–H groups in total. The summed E-state index contributed by atoms with van der Waals surface area (Å²) in [6.45, 7) is 1.13. The first kappa shape index (κ1) is 9.53. The summed E-state index contributed by atoms with van der Waals surface area (Å²) in [5.41, 5.74) is 0. The van der Waals surface area contributed by atoms with Crippen LogP contribution in [0.2, 0.25) is 0 Å². The molecule has 1 saturated heterocycles. The van der Waals surface area contributed by atoms with Crippen molar-refractivity contribution in [2.24, 2.45) is 0 Å². The van der Waals surface area contributed by atoms with Crippen molar-refractivity contribution in [3.63, 3.8) is 0 Å². The van der Waals surface area contributed by atoms with Crippen molar-refractivity contribution in [1.82, 2.24) is 8.43 Å². The lowest BCUT2D eigenvalue weighted by atomic mass is 10.2. The molecule has 1 fully saturated rings. The molecule has 2 nitrogen and oxygen atoms in total. The van der Waals surface area contributed by atoms with Gasteiger partial charge in [-0.15, -0.1) is 0 Å². The van der Waals surface area contributed by atoms with E-state index in [1.54, 1.807) is 3.11 Å². The lowest BCUT2D eigenvalue weighted by Crippen LogP contribution is -2.54. The zero-order valence-electron chi connectivity index (χ0n) is 5.66. The molecule has 0 radical (unpaired) electrons. The van der Waals surface area contributed by atoms with Crippen LogP contribution < -0.4 is 5.32 Å². The quantitative estimate of drug-likeness (QED) is 0.529. The summed E-state index contributed by atoms with van der Waals surface area (Å²) in [5.74, 6) is 0. The normalized spacial score (nSPS) is 28.9. The lowest BCUT2D eigenvalue weighted by Gasteiger charge is -2.30. The Kier molecular flexibility index (Phi) is 2.98. The maximum atomic E-state index is 12.0. The van der Waals surface area contributed by atoms with Gasteiger partial charge in [-0.2, -0.15) is 13.2 Å². The minimum atomic E-state index is -4.11. The molecule has 1 unspecified atom stereocenters. The van der Waals surface area contributed by atoms with Crippen molar-refractivity contribution in [3.8, 4) is 0 Å². The van der Waals surface area contributed by atoms with Gasteiger partial charge in [0.2, 0.25) is 0 Å². The molecule has 0 aliphatic carbocycles. The summed E-state index contributed by atoms with van der Waals surface area (Å²) in [6, 6.07) is -1.35. The smallest absolute Gasteiger partial charge is 0.304 e. The molecule has 0 amide bonds. The predicted molar refractivity (Wildman–Crippen MR) is 43.4 cm³/mol. The second-order valence-electron chi connectivity index (χ2n) is 2.42. The molecular weight excluding hydrogens is 272 g/mol. The SMILES string of the molecule is FC(F)(F)C1CN(I)CCN1. The maximum Gasteiger partial charge on any atom is 0.405 e. The highest BCUT2D eigenvalue weighted by atomic mass is 127. The van der Waals surface area contributed by atoms with Gasteiger partial charge >= 0.3 is 6.18 Å². The van der Waals surface area contributed by atoms with Crippen LogP contribution >= 0.6 is 22.9 Å². The Labute approximate surface area is 76.6 Å². The molecule has 0 aromatic rings. The molecule has 0 aromatic heterocycles. The van der Waals surface area contributed by atoms with Gasteiger partial charge < -0.3 is 5.32 Å². The van der Waals surface area contributed by atoms with E-state index >= 15 is 0 Å². The Balaban J connectivity index is 2.46. The van der Waals surface area contributed by atoms with E-state index in [-0.39, 0.29) is 6.54 Å². The first-order chi connectivity index (χ1) is 5.00. The predicted octanol–water partition coefficient (Wildman–Crippen LogP) is 1.17. The van der Waals surface area contributed by atoms with E-state index < -0.39 is 12.2 Å². The first-order valence-electron chi connectivity index (χ1n) is 3.21. The minimum absolute atomic E-state index is 0.0457. The fourth-order valence-corrected chi connectivity index (χ4v) is 1.57. The fraction of sp³-hybridized carbons (Fsp3) is 1.00. The first-order valence-corrected chi connectivity index (χ1v) is 4.17. The average molecular weight is 280 g/mol. The highest BCUT2D eigenvalue weighted by molar-refractivity contribution is 14.1. The van der Waals surface area contributed by atoms with E-state index in [1.165, 1.54) is 0 Å². The molecule has 0 spiro atoms. The molecule has 1 rings (SSSR count). The number of hydrogen-bond acceptors (Lipinski definition) is 2. The minimum Gasteiger partial charge on any atom is -0.304 e. The summed E-state index contributed by atoms with van der Waals surface area (Å²) >= 11 is 1.91. The van der Waals surface area contributed by atoms with Gasteiger partial charge in [-0.05, 0) is 0 Å².